The first-order valence-electron chi connectivity index (χ1n) is 12.8. The van der Waals surface area contributed by atoms with E-state index in [0.717, 1.165) is 88.3 Å². The standard InChI is InChI=1S/C34H18N2O3/c1-3-7-27-22(5-1)23-14-16-35-31(34(23)38-27)20-10-12-30-26(18-20)25-17-19(9-11-29(25)37-30)21-13-15-36-32-24-6-2-4-8-28(24)39-33(21)32/h1-18H. The molecule has 5 heteroatoms. The van der Waals surface area contributed by atoms with Gasteiger partial charge < -0.3 is 13.3 Å². The predicted molar refractivity (Wildman–Crippen MR) is 155 cm³/mol. The molecule has 39 heavy (non-hydrogen) atoms. The molecule has 0 saturated heterocycles. The van der Waals surface area contributed by atoms with E-state index in [0.29, 0.717) is 0 Å². The fourth-order valence-corrected chi connectivity index (χ4v) is 5.78. The van der Waals surface area contributed by atoms with Crippen LogP contribution in [0.1, 0.15) is 0 Å². The van der Waals surface area contributed by atoms with Gasteiger partial charge in [0.15, 0.2) is 11.2 Å². The van der Waals surface area contributed by atoms with Crippen molar-refractivity contribution in [3.05, 3.63) is 109 Å². The first-order chi connectivity index (χ1) is 19.3. The monoisotopic (exact) mass is 502 g/mol. The number of benzene rings is 4. The van der Waals surface area contributed by atoms with Gasteiger partial charge in [0.2, 0.25) is 0 Å². The minimum absolute atomic E-state index is 0.785. The van der Waals surface area contributed by atoms with Crippen molar-refractivity contribution in [3.63, 3.8) is 0 Å². The van der Waals surface area contributed by atoms with Crippen molar-refractivity contribution < 1.29 is 13.3 Å². The number of aromatic nitrogens is 2. The van der Waals surface area contributed by atoms with Crippen LogP contribution < -0.4 is 0 Å². The van der Waals surface area contributed by atoms with Crippen LogP contribution in [0.3, 0.4) is 0 Å². The molecule has 9 rings (SSSR count). The lowest BCUT2D eigenvalue weighted by Crippen LogP contribution is -1.84. The number of pyridine rings is 2. The molecule has 0 N–H and O–H groups in total. The van der Waals surface area contributed by atoms with Gasteiger partial charge in [0.1, 0.15) is 33.5 Å². The quantitative estimate of drug-likeness (QED) is 0.235. The Morgan fingerprint density at radius 3 is 1.92 bits per heavy atom. The number of furan rings is 3. The number of fused-ring (bicyclic) bond motifs is 9. The second-order valence-corrected chi connectivity index (χ2v) is 9.79. The van der Waals surface area contributed by atoms with E-state index >= 15 is 0 Å². The molecule has 0 radical (unpaired) electrons. The van der Waals surface area contributed by atoms with Gasteiger partial charge in [0, 0.05) is 50.5 Å². The highest BCUT2D eigenvalue weighted by Crippen LogP contribution is 2.40. The molecule has 0 bridgehead atoms. The summed E-state index contributed by atoms with van der Waals surface area (Å²) >= 11 is 0. The van der Waals surface area contributed by atoms with E-state index in [9.17, 15) is 0 Å². The predicted octanol–water partition coefficient (Wildman–Crippen LogP) is 9.51. The van der Waals surface area contributed by atoms with Crippen molar-refractivity contribution in [2.45, 2.75) is 0 Å². The third-order valence-electron chi connectivity index (χ3n) is 7.61. The highest BCUT2D eigenvalue weighted by Gasteiger charge is 2.17. The largest absolute Gasteiger partial charge is 0.456 e. The van der Waals surface area contributed by atoms with Gasteiger partial charge >= 0.3 is 0 Å². The van der Waals surface area contributed by atoms with Crippen molar-refractivity contribution >= 4 is 65.9 Å². The summed E-state index contributed by atoms with van der Waals surface area (Å²) in [5, 5.41) is 5.21. The molecule has 0 aliphatic heterocycles. The van der Waals surface area contributed by atoms with Crippen molar-refractivity contribution in [1.82, 2.24) is 9.97 Å². The van der Waals surface area contributed by atoms with E-state index in [4.69, 9.17) is 18.2 Å². The first-order valence-corrected chi connectivity index (χ1v) is 12.8. The van der Waals surface area contributed by atoms with Crippen LogP contribution in [-0.2, 0) is 0 Å². The third-order valence-corrected chi connectivity index (χ3v) is 7.61. The normalized spacial score (nSPS) is 12.1. The first kappa shape index (κ1) is 20.6. The maximum Gasteiger partial charge on any atom is 0.161 e. The number of hydrogen-bond donors (Lipinski definition) is 0. The van der Waals surface area contributed by atoms with Gasteiger partial charge in [-0.15, -0.1) is 0 Å². The zero-order valence-corrected chi connectivity index (χ0v) is 20.5. The Balaban J connectivity index is 1.26. The molecule has 5 heterocycles. The van der Waals surface area contributed by atoms with Gasteiger partial charge in [-0.25, -0.2) is 0 Å². The SMILES string of the molecule is c1ccc2c(c1)oc1c(-c3ccc4oc5ccc(-c6ccnc7c6oc6ccccc67)cc5c4c3)nccc12. The highest BCUT2D eigenvalue weighted by atomic mass is 16.3. The molecular weight excluding hydrogens is 484 g/mol. The van der Waals surface area contributed by atoms with E-state index in [2.05, 4.69) is 29.2 Å². The summed E-state index contributed by atoms with van der Waals surface area (Å²) in [5.41, 5.74) is 9.61. The molecule has 0 aliphatic rings. The zero-order chi connectivity index (χ0) is 25.5. The summed E-state index contributed by atoms with van der Waals surface area (Å²) in [7, 11) is 0. The van der Waals surface area contributed by atoms with Crippen LogP contribution in [0.4, 0.5) is 0 Å². The minimum atomic E-state index is 0.785. The van der Waals surface area contributed by atoms with Gasteiger partial charge in [-0.1, -0.05) is 36.4 Å². The number of nitrogens with zero attached hydrogens (tertiary/aromatic N) is 2. The molecule has 0 fully saturated rings. The summed E-state index contributed by atoms with van der Waals surface area (Å²) in [6.45, 7) is 0. The van der Waals surface area contributed by atoms with Crippen LogP contribution in [-0.4, -0.2) is 9.97 Å². The lowest BCUT2D eigenvalue weighted by Gasteiger charge is -2.03. The Bertz CT molecular complexity index is 2240. The summed E-state index contributed by atoms with van der Waals surface area (Å²) in [4.78, 5) is 9.34. The lowest BCUT2D eigenvalue weighted by molar-refractivity contribution is 0.667. The van der Waals surface area contributed by atoms with Crippen LogP contribution in [0, 0.1) is 0 Å². The topological polar surface area (TPSA) is 65.2 Å². The Morgan fingerprint density at radius 1 is 0.436 bits per heavy atom. The van der Waals surface area contributed by atoms with E-state index in [-0.39, 0.29) is 0 Å². The maximum absolute atomic E-state index is 6.26. The van der Waals surface area contributed by atoms with Gasteiger partial charge in [-0.2, -0.15) is 0 Å². The highest BCUT2D eigenvalue weighted by molar-refractivity contribution is 6.12. The van der Waals surface area contributed by atoms with Crippen LogP contribution in [0.2, 0.25) is 0 Å². The molecule has 5 nitrogen and oxygen atoms in total. The van der Waals surface area contributed by atoms with E-state index in [1.807, 2.05) is 85.2 Å². The molecule has 4 aromatic carbocycles. The maximum atomic E-state index is 6.26. The van der Waals surface area contributed by atoms with Gasteiger partial charge in [-0.05, 0) is 66.2 Å². The zero-order valence-electron chi connectivity index (χ0n) is 20.5. The van der Waals surface area contributed by atoms with Crippen molar-refractivity contribution in [2.24, 2.45) is 0 Å². The lowest BCUT2D eigenvalue weighted by atomic mass is 10.0. The van der Waals surface area contributed by atoms with Gasteiger partial charge in [0.05, 0.1) is 0 Å². The summed E-state index contributed by atoms with van der Waals surface area (Å²) in [6.07, 6.45) is 3.69. The Kier molecular flexibility index (Phi) is 3.99. The fraction of sp³-hybridized carbons (Fsp3) is 0. The van der Waals surface area contributed by atoms with Crippen LogP contribution in [0.15, 0.2) is 123 Å². The van der Waals surface area contributed by atoms with E-state index in [1.165, 1.54) is 0 Å². The third kappa shape index (κ3) is 2.90. The number of rotatable bonds is 2. The second kappa shape index (κ2) is 7.55. The van der Waals surface area contributed by atoms with Crippen LogP contribution in [0.25, 0.3) is 88.3 Å². The number of hydrogen-bond acceptors (Lipinski definition) is 5. The average molecular weight is 503 g/mol. The Hall–Kier alpha value is -5.42. The second-order valence-electron chi connectivity index (χ2n) is 9.79. The van der Waals surface area contributed by atoms with Crippen LogP contribution in [0.5, 0.6) is 0 Å². The molecule has 5 aromatic heterocycles. The summed E-state index contributed by atoms with van der Waals surface area (Å²) < 4.78 is 18.7. The molecular formula is C34H18N2O3. The average Bonchev–Trinajstić information content (AvgIpc) is 3.67. The van der Waals surface area contributed by atoms with Crippen molar-refractivity contribution in [1.29, 1.82) is 0 Å². The van der Waals surface area contributed by atoms with Crippen molar-refractivity contribution in [3.8, 4) is 22.4 Å². The van der Waals surface area contributed by atoms with Crippen LogP contribution >= 0.6 is 0 Å². The van der Waals surface area contributed by atoms with Gasteiger partial charge in [0.25, 0.3) is 0 Å². The van der Waals surface area contributed by atoms with E-state index in [1.54, 1.807) is 0 Å². The Labute approximate surface area is 220 Å². The molecule has 0 atom stereocenters. The molecule has 0 saturated carbocycles. The Morgan fingerprint density at radius 2 is 1.08 bits per heavy atom. The molecule has 0 aliphatic carbocycles. The molecule has 9 aromatic rings. The van der Waals surface area contributed by atoms with E-state index < -0.39 is 0 Å². The van der Waals surface area contributed by atoms with Gasteiger partial charge in [-0.3, -0.25) is 9.97 Å². The summed E-state index contributed by atoms with van der Waals surface area (Å²) in [5.74, 6) is 0. The van der Waals surface area contributed by atoms with Crippen molar-refractivity contribution in [2.75, 3.05) is 0 Å². The fourth-order valence-electron chi connectivity index (χ4n) is 5.78. The summed E-state index contributed by atoms with van der Waals surface area (Å²) in [6, 6.07) is 32.6. The molecule has 182 valence electrons. The minimum Gasteiger partial charge on any atom is -0.456 e. The molecule has 0 spiro atoms. The molecule has 0 unspecified atom stereocenters. The smallest absolute Gasteiger partial charge is 0.161 e. The number of para-hydroxylation sites is 2. The molecule has 0 amide bonds.